The summed E-state index contributed by atoms with van der Waals surface area (Å²) in [6.45, 7) is 9.86. The maximum Gasteiger partial charge on any atom is 0.237 e. The van der Waals surface area contributed by atoms with Gasteiger partial charge in [0.15, 0.2) is 0 Å². The van der Waals surface area contributed by atoms with E-state index >= 15 is 0 Å². The molecule has 0 aliphatic heterocycles. The molecule has 1 aromatic carbocycles. The molecule has 4 nitrogen and oxygen atoms in total. The number of hydrogen-bond acceptors (Lipinski definition) is 4. The standard InChI is InChI=1S/C16H23N3OS/c1-10(14(20)19-16(3,4)5)17-11(2)15-18-12-8-6-7-9-13(12)21-15/h6-11,17H,1-5H3,(H,19,20). The van der Waals surface area contributed by atoms with Crippen molar-refractivity contribution in [2.75, 3.05) is 0 Å². The Morgan fingerprint density at radius 2 is 1.90 bits per heavy atom. The summed E-state index contributed by atoms with van der Waals surface area (Å²) >= 11 is 1.67. The molecule has 2 unspecified atom stereocenters. The third kappa shape index (κ3) is 4.25. The highest BCUT2D eigenvalue weighted by Gasteiger charge is 2.22. The Morgan fingerprint density at radius 3 is 2.52 bits per heavy atom. The number of rotatable bonds is 4. The second-order valence-corrected chi connectivity index (χ2v) is 7.43. The number of benzene rings is 1. The van der Waals surface area contributed by atoms with Crippen molar-refractivity contribution in [1.82, 2.24) is 15.6 Å². The number of nitrogens with one attached hydrogen (secondary N) is 2. The number of aromatic nitrogens is 1. The molecule has 2 rings (SSSR count). The van der Waals surface area contributed by atoms with E-state index in [1.165, 1.54) is 4.70 Å². The second kappa shape index (κ2) is 6.12. The van der Waals surface area contributed by atoms with Gasteiger partial charge in [0.2, 0.25) is 5.91 Å². The Hall–Kier alpha value is -1.46. The van der Waals surface area contributed by atoms with E-state index < -0.39 is 0 Å². The van der Waals surface area contributed by atoms with Gasteiger partial charge in [-0.3, -0.25) is 10.1 Å². The second-order valence-electron chi connectivity index (χ2n) is 6.37. The minimum Gasteiger partial charge on any atom is -0.350 e. The molecule has 2 N–H and O–H groups in total. The molecule has 1 aromatic heterocycles. The van der Waals surface area contributed by atoms with Crippen molar-refractivity contribution in [2.45, 2.75) is 52.2 Å². The van der Waals surface area contributed by atoms with E-state index in [9.17, 15) is 4.79 Å². The number of fused-ring (bicyclic) bond motifs is 1. The molecule has 0 bridgehead atoms. The Kier molecular flexibility index (Phi) is 4.64. The van der Waals surface area contributed by atoms with E-state index in [0.717, 1.165) is 10.5 Å². The first-order chi connectivity index (χ1) is 9.76. The number of amides is 1. The van der Waals surface area contributed by atoms with Crippen LogP contribution in [0.5, 0.6) is 0 Å². The fraction of sp³-hybridized carbons (Fsp3) is 0.500. The van der Waals surface area contributed by atoms with E-state index in [1.807, 2.05) is 52.8 Å². The molecular formula is C16H23N3OS. The molecule has 0 saturated heterocycles. The Balaban J connectivity index is 2.03. The van der Waals surface area contributed by atoms with Gasteiger partial charge in [-0.1, -0.05) is 12.1 Å². The Labute approximate surface area is 130 Å². The third-order valence-electron chi connectivity index (χ3n) is 3.07. The molecule has 0 saturated carbocycles. The lowest BCUT2D eigenvalue weighted by Crippen LogP contribution is -2.49. The van der Waals surface area contributed by atoms with Gasteiger partial charge in [-0.05, 0) is 46.8 Å². The fourth-order valence-electron chi connectivity index (χ4n) is 2.08. The van der Waals surface area contributed by atoms with Crippen LogP contribution in [0.4, 0.5) is 0 Å². The van der Waals surface area contributed by atoms with Gasteiger partial charge in [-0.2, -0.15) is 0 Å². The maximum atomic E-state index is 12.1. The summed E-state index contributed by atoms with van der Waals surface area (Å²) in [7, 11) is 0. The quantitative estimate of drug-likeness (QED) is 0.911. The summed E-state index contributed by atoms with van der Waals surface area (Å²) in [5, 5.41) is 7.31. The largest absolute Gasteiger partial charge is 0.350 e. The Morgan fingerprint density at radius 1 is 1.24 bits per heavy atom. The van der Waals surface area contributed by atoms with E-state index in [0.29, 0.717) is 0 Å². The zero-order valence-electron chi connectivity index (χ0n) is 13.2. The summed E-state index contributed by atoms with van der Waals surface area (Å²) in [5.74, 6) is 0.00969. The van der Waals surface area contributed by atoms with Crippen molar-refractivity contribution in [3.63, 3.8) is 0 Å². The SMILES string of the molecule is CC(NC(C)c1nc2ccccc2s1)C(=O)NC(C)(C)C. The predicted molar refractivity (Wildman–Crippen MR) is 88.5 cm³/mol. The molecular weight excluding hydrogens is 282 g/mol. The predicted octanol–water partition coefficient (Wildman–Crippen LogP) is 3.25. The average molecular weight is 305 g/mol. The number of nitrogens with zero attached hydrogens (tertiary/aromatic N) is 1. The molecule has 1 amide bonds. The molecule has 0 radical (unpaired) electrons. The van der Waals surface area contributed by atoms with Crippen LogP contribution in [0.3, 0.4) is 0 Å². The van der Waals surface area contributed by atoms with Crippen molar-refractivity contribution in [3.8, 4) is 0 Å². The van der Waals surface area contributed by atoms with Gasteiger partial charge in [0.05, 0.1) is 22.3 Å². The van der Waals surface area contributed by atoms with E-state index in [1.54, 1.807) is 11.3 Å². The smallest absolute Gasteiger partial charge is 0.237 e. The normalized spacial score (nSPS) is 14.9. The van der Waals surface area contributed by atoms with Crippen LogP contribution in [-0.2, 0) is 4.79 Å². The van der Waals surface area contributed by atoms with Crippen molar-refractivity contribution in [3.05, 3.63) is 29.3 Å². The number of hydrogen-bond donors (Lipinski definition) is 2. The summed E-state index contributed by atoms with van der Waals surface area (Å²) < 4.78 is 1.17. The highest BCUT2D eigenvalue weighted by atomic mass is 32.1. The van der Waals surface area contributed by atoms with Crippen molar-refractivity contribution < 1.29 is 4.79 Å². The third-order valence-corrected chi connectivity index (χ3v) is 4.29. The molecule has 2 atom stereocenters. The number of carbonyl (C=O) groups is 1. The van der Waals surface area contributed by atoms with Gasteiger partial charge in [0.1, 0.15) is 5.01 Å². The van der Waals surface area contributed by atoms with Gasteiger partial charge < -0.3 is 5.32 Å². The van der Waals surface area contributed by atoms with Crippen LogP contribution >= 0.6 is 11.3 Å². The van der Waals surface area contributed by atoms with Crippen LogP contribution in [0.2, 0.25) is 0 Å². The fourth-order valence-corrected chi connectivity index (χ4v) is 3.05. The minimum atomic E-state index is -0.258. The highest BCUT2D eigenvalue weighted by Crippen LogP contribution is 2.26. The highest BCUT2D eigenvalue weighted by molar-refractivity contribution is 7.18. The molecule has 2 aromatic rings. The van der Waals surface area contributed by atoms with Crippen LogP contribution < -0.4 is 10.6 Å². The first-order valence-electron chi connectivity index (χ1n) is 7.20. The number of para-hydroxylation sites is 1. The van der Waals surface area contributed by atoms with Crippen LogP contribution in [0, 0.1) is 0 Å². The monoisotopic (exact) mass is 305 g/mol. The van der Waals surface area contributed by atoms with Crippen molar-refractivity contribution >= 4 is 27.5 Å². The molecule has 0 fully saturated rings. The lowest BCUT2D eigenvalue weighted by atomic mass is 10.1. The van der Waals surface area contributed by atoms with E-state index in [2.05, 4.69) is 21.7 Å². The van der Waals surface area contributed by atoms with Crippen LogP contribution in [0.25, 0.3) is 10.2 Å². The Bertz CT molecular complexity index is 597. The van der Waals surface area contributed by atoms with Crippen molar-refractivity contribution in [2.24, 2.45) is 0 Å². The molecule has 1 heterocycles. The summed E-state index contributed by atoms with van der Waals surface area (Å²) in [6, 6.07) is 7.87. The lowest BCUT2D eigenvalue weighted by molar-refractivity contribution is -0.124. The summed E-state index contributed by atoms with van der Waals surface area (Å²) in [4.78, 5) is 16.7. The molecule has 0 aliphatic carbocycles. The first kappa shape index (κ1) is 15.9. The van der Waals surface area contributed by atoms with Gasteiger partial charge in [0.25, 0.3) is 0 Å². The zero-order valence-corrected chi connectivity index (χ0v) is 14.0. The van der Waals surface area contributed by atoms with Crippen LogP contribution in [0.15, 0.2) is 24.3 Å². The molecule has 114 valence electrons. The first-order valence-corrected chi connectivity index (χ1v) is 8.01. The zero-order chi connectivity index (χ0) is 15.6. The average Bonchev–Trinajstić information content (AvgIpc) is 2.80. The summed E-state index contributed by atoms with van der Waals surface area (Å²) in [6.07, 6.45) is 0. The van der Waals surface area contributed by atoms with Crippen LogP contribution in [-0.4, -0.2) is 22.5 Å². The summed E-state index contributed by atoms with van der Waals surface area (Å²) in [5.41, 5.74) is 0.796. The van der Waals surface area contributed by atoms with Crippen LogP contribution in [0.1, 0.15) is 45.7 Å². The molecule has 5 heteroatoms. The topological polar surface area (TPSA) is 54.0 Å². The molecule has 21 heavy (non-hydrogen) atoms. The van der Waals surface area contributed by atoms with E-state index in [-0.39, 0.29) is 23.5 Å². The lowest BCUT2D eigenvalue weighted by Gasteiger charge is -2.25. The molecule has 0 aliphatic rings. The maximum absolute atomic E-state index is 12.1. The number of thiazole rings is 1. The van der Waals surface area contributed by atoms with Gasteiger partial charge in [0, 0.05) is 5.54 Å². The number of carbonyl (C=O) groups excluding carboxylic acids is 1. The molecule has 0 spiro atoms. The van der Waals surface area contributed by atoms with Gasteiger partial charge >= 0.3 is 0 Å². The van der Waals surface area contributed by atoms with Gasteiger partial charge in [-0.15, -0.1) is 11.3 Å². The van der Waals surface area contributed by atoms with E-state index in [4.69, 9.17) is 0 Å². The minimum absolute atomic E-state index is 0.00969. The van der Waals surface area contributed by atoms with Gasteiger partial charge in [-0.25, -0.2) is 4.98 Å². The van der Waals surface area contributed by atoms with Crippen molar-refractivity contribution in [1.29, 1.82) is 0 Å².